The Hall–Kier alpha value is -0.850. The van der Waals surface area contributed by atoms with Crippen LogP contribution in [0.5, 0.6) is 0 Å². The fourth-order valence-corrected chi connectivity index (χ4v) is 13.5. The molecule has 0 aromatic rings. The van der Waals surface area contributed by atoms with Gasteiger partial charge in [0.1, 0.15) is 11.9 Å². The van der Waals surface area contributed by atoms with Crippen molar-refractivity contribution in [1.82, 2.24) is 4.90 Å². The average Bonchev–Trinajstić information content (AvgIpc) is 3.37. The van der Waals surface area contributed by atoms with E-state index in [1.807, 2.05) is 39.8 Å². The van der Waals surface area contributed by atoms with Crippen molar-refractivity contribution in [2.75, 3.05) is 12.2 Å². The number of ketones is 1. The molecule has 3 saturated carbocycles. The molecule has 6 unspecified atom stereocenters. The fourth-order valence-electron chi connectivity index (χ4n) is 12.6. The number of aliphatic hydroxyl groups is 1. The van der Waals surface area contributed by atoms with Crippen LogP contribution in [0, 0.1) is 63.1 Å². The molecule has 46 heavy (non-hydrogen) atoms. The molecule has 0 spiro atoms. The van der Waals surface area contributed by atoms with Crippen molar-refractivity contribution in [3.05, 3.63) is 12.2 Å². The molecule has 0 aromatic heterocycles. The third kappa shape index (κ3) is 5.22. The van der Waals surface area contributed by atoms with Gasteiger partial charge in [0, 0.05) is 49.1 Å². The lowest BCUT2D eigenvalue weighted by atomic mass is 9.38. The van der Waals surface area contributed by atoms with E-state index in [-0.39, 0.29) is 46.7 Å². The second kappa shape index (κ2) is 12.8. The molecule has 4 bridgehead atoms. The lowest BCUT2D eigenvalue weighted by molar-refractivity contribution is -0.246. The van der Waals surface area contributed by atoms with E-state index < -0.39 is 64.1 Å². The zero-order chi connectivity index (χ0) is 38.4. The van der Waals surface area contributed by atoms with Crippen LogP contribution in [0.3, 0.4) is 0 Å². The van der Waals surface area contributed by atoms with Gasteiger partial charge in [0.05, 0.1) is 14.6 Å². The summed E-state index contributed by atoms with van der Waals surface area (Å²) in [7, 11) is 0. The molecule has 3 aliphatic carbocycles. The van der Waals surface area contributed by atoms with E-state index in [0.29, 0.717) is 18.5 Å². The van der Waals surface area contributed by atoms with E-state index in [0.717, 1.165) is 37.6 Å². The van der Waals surface area contributed by atoms with Crippen LogP contribution >= 0.6 is 11.8 Å². The quantitative estimate of drug-likeness (QED) is 0.198. The van der Waals surface area contributed by atoms with Crippen molar-refractivity contribution in [1.29, 1.82) is 1.43 Å². The molecular weight excluding hydrogens is 591 g/mol. The zero-order valence-electron chi connectivity index (χ0n) is 35.8. The summed E-state index contributed by atoms with van der Waals surface area (Å²) in [4.78, 5) is 32.0. The van der Waals surface area contributed by atoms with Crippen molar-refractivity contribution in [2.45, 2.75) is 151 Å². The first-order chi connectivity index (χ1) is 23.5. The second-order valence-electron chi connectivity index (χ2n) is 17.6. The highest BCUT2D eigenvalue weighted by atomic mass is 32.2. The molecule has 13 atom stereocenters. The number of nitrogens with zero attached hydrogens (tertiary/aromatic N) is 1. The highest BCUT2D eigenvalue weighted by Gasteiger charge is 2.73. The average molecular weight is 663 g/mol. The van der Waals surface area contributed by atoms with Gasteiger partial charge in [-0.1, -0.05) is 88.3 Å². The number of hydrogen-bond donors (Lipinski definition) is 1. The first-order valence-electron chi connectivity index (χ1n) is 20.8. The van der Waals surface area contributed by atoms with Gasteiger partial charge in [-0.25, -0.2) is 0 Å². The Labute approximate surface area is 292 Å². The molecule has 2 aliphatic heterocycles. The van der Waals surface area contributed by atoms with E-state index >= 15 is 0 Å². The normalized spacial score (nSPS) is 50.3. The molecule has 2 heterocycles. The number of aliphatic hydroxyl groups excluding tert-OH is 1. The van der Waals surface area contributed by atoms with Crippen molar-refractivity contribution >= 4 is 23.5 Å². The summed E-state index contributed by atoms with van der Waals surface area (Å²) >= 11 is 1.11. The third-order valence-electron chi connectivity index (χ3n) is 14.6. The van der Waals surface area contributed by atoms with Crippen LogP contribution in [0.15, 0.2) is 12.2 Å². The molecular formula is C40H67NO4S. The van der Waals surface area contributed by atoms with Gasteiger partial charge in [-0.05, 0) is 86.0 Å². The maximum atomic E-state index is 14.7. The van der Waals surface area contributed by atoms with E-state index in [4.69, 9.17) is 14.0 Å². The molecule has 262 valence electrons. The predicted molar refractivity (Wildman–Crippen MR) is 191 cm³/mol. The molecule has 2 saturated heterocycles. The Morgan fingerprint density at radius 2 is 1.89 bits per heavy atom. The Kier molecular flexibility index (Phi) is 8.35. The topological polar surface area (TPSA) is 66.8 Å². The number of allylic oxidation sites excluding steroid dienone is 1. The van der Waals surface area contributed by atoms with Crippen LogP contribution in [0.2, 0.25) is 0 Å². The lowest BCUT2D eigenvalue weighted by Gasteiger charge is -2.67. The van der Waals surface area contributed by atoms with Gasteiger partial charge in [0.2, 0.25) is 1.43 Å². The van der Waals surface area contributed by atoms with Crippen LogP contribution < -0.4 is 0 Å². The number of thioether (sulfide) groups is 1. The molecule has 5 rings (SSSR count). The first kappa shape index (κ1) is 30.0. The molecule has 1 N–H and O–H groups in total. The number of Topliss-reactive ketones (excluding diaryl/α,β-unsaturated/α-hetero) is 1. The van der Waals surface area contributed by atoms with Crippen LogP contribution in [-0.2, 0) is 14.3 Å². The monoisotopic (exact) mass is 663 g/mol. The van der Waals surface area contributed by atoms with Gasteiger partial charge in [0.25, 0.3) is 0 Å². The minimum absolute atomic E-state index is 0.0362. The van der Waals surface area contributed by atoms with Crippen molar-refractivity contribution in [2.24, 2.45) is 63.1 Å². The highest BCUT2D eigenvalue weighted by Crippen LogP contribution is 2.72. The van der Waals surface area contributed by atoms with Gasteiger partial charge in [-0.15, -0.1) is 11.8 Å². The van der Waals surface area contributed by atoms with Gasteiger partial charge < -0.3 is 9.85 Å². The summed E-state index contributed by atoms with van der Waals surface area (Å²) in [5.41, 5.74) is -4.89. The number of rotatable bonds is 9. The van der Waals surface area contributed by atoms with Crippen LogP contribution in [-0.4, -0.2) is 65.0 Å². The second-order valence-corrected chi connectivity index (χ2v) is 18.6. The number of carbonyl (C=O) groups is 2. The number of fused-ring (bicyclic) bond motifs is 2. The van der Waals surface area contributed by atoms with E-state index in [1.165, 1.54) is 0 Å². The largest absolute Gasteiger partial charge is 0.461 e. The Bertz CT molecular complexity index is 1370. The van der Waals surface area contributed by atoms with Gasteiger partial charge >= 0.3 is 5.97 Å². The van der Waals surface area contributed by atoms with Crippen molar-refractivity contribution < 1.29 is 24.9 Å². The maximum absolute atomic E-state index is 14.7. The summed E-state index contributed by atoms with van der Waals surface area (Å²) in [5.74, 6) is -2.98. The molecule has 6 heteroatoms. The highest BCUT2D eigenvalue weighted by molar-refractivity contribution is 8.00. The summed E-state index contributed by atoms with van der Waals surface area (Å²) in [6.45, 7) is 26.5. The van der Waals surface area contributed by atoms with Crippen LogP contribution in [0.25, 0.3) is 0 Å². The minimum atomic E-state index is -2.35. The lowest BCUT2D eigenvalue weighted by Crippen LogP contribution is -2.69. The molecule has 0 aromatic carbocycles. The molecule has 0 radical (unpaired) electrons. The summed E-state index contributed by atoms with van der Waals surface area (Å²) < 4.78 is 52.2. The fraction of sp³-hybridized carbons (Fsp3) is 0.900. The van der Waals surface area contributed by atoms with Crippen LogP contribution in [0.4, 0.5) is 0 Å². The Morgan fingerprint density at radius 3 is 2.48 bits per heavy atom. The van der Waals surface area contributed by atoms with Gasteiger partial charge in [-0.3, -0.25) is 14.5 Å². The number of ether oxygens (including phenoxy) is 1. The maximum Gasteiger partial charge on any atom is 0.316 e. The number of hydrogen-bond acceptors (Lipinski definition) is 6. The molecule has 0 amide bonds. The number of piperidine rings is 1. The molecule has 5 aliphatic rings. The smallest absolute Gasteiger partial charge is 0.316 e. The Balaban J connectivity index is 1.66. The standard InChI is InChI=1S/C40H67NO4S/c1-13-17-38(12)27(9)36(45-32(43)22-46-31-20-28-21-37(10,11)34(25(31)7)41(28)14-2)40(24(5)6)29(23(3)4)15-18-39(26(8)35(38)44)19-16-30(42)33(39)40/h13,17,23-29,31,33-36,44H,14-16,18-22H2,1-12H3/b17-13-/t25?,26-,27?,28+,29?,31-,33?,34-,35-,36+,38+,39?,40?/m0/s1/i16D2,22D2,44D. The minimum Gasteiger partial charge on any atom is -0.461 e. The summed E-state index contributed by atoms with van der Waals surface area (Å²) in [6.07, 6.45) is 3.48. The zero-order valence-corrected chi connectivity index (χ0v) is 31.6. The van der Waals surface area contributed by atoms with Gasteiger partial charge in [0.15, 0.2) is 0 Å². The summed E-state index contributed by atoms with van der Waals surface area (Å²) in [6, 6.07) is 0.651. The summed E-state index contributed by atoms with van der Waals surface area (Å²) in [5, 5.41) is 5.61. The van der Waals surface area contributed by atoms with Crippen LogP contribution in [0.1, 0.15) is 127 Å². The van der Waals surface area contributed by atoms with Gasteiger partial charge in [-0.2, -0.15) is 0 Å². The number of esters is 1. The van der Waals surface area contributed by atoms with E-state index in [9.17, 15) is 12.3 Å². The van der Waals surface area contributed by atoms with E-state index in [1.54, 1.807) is 0 Å². The third-order valence-corrected chi connectivity index (χ3v) is 15.8. The van der Waals surface area contributed by atoms with Crippen molar-refractivity contribution in [3.63, 3.8) is 0 Å². The number of carbonyl (C=O) groups excluding carboxylic acids is 2. The van der Waals surface area contributed by atoms with Crippen molar-refractivity contribution in [3.8, 4) is 0 Å². The SMILES string of the molecule is [2H]O[C@H]1[C@H](C)C23CCC(C(C)C)C(C(C)C)(C2C(=O)C([2H])([2H])C3)[C@H](OC(=O)C([2H])([2H])S[C@H]2C[C@@H]3CC(C)(C)[C@H](C2C)N3CC)C(C)[C@@]1(C)/C=C\C. The molecule has 5 nitrogen and oxygen atoms in total. The predicted octanol–water partition coefficient (Wildman–Crippen LogP) is 8.43. The Morgan fingerprint density at radius 1 is 1.20 bits per heavy atom. The molecule has 5 fully saturated rings. The first-order valence-corrected chi connectivity index (χ1v) is 19.3. The van der Waals surface area contributed by atoms with E-state index in [2.05, 4.69) is 60.3 Å².